The van der Waals surface area contributed by atoms with Crippen molar-refractivity contribution in [2.45, 2.75) is 50.7 Å². The van der Waals surface area contributed by atoms with E-state index in [1.54, 1.807) is 13.8 Å². The van der Waals surface area contributed by atoms with Crippen LogP contribution in [0.5, 0.6) is 0 Å². The summed E-state index contributed by atoms with van der Waals surface area (Å²) in [6.07, 6.45) is -6.15. The second-order valence-corrected chi connectivity index (χ2v) is 3.88. The summed E-state index contributed by atoms with van der Waals surface area (Å²) >= 11 is 0. The van der Waals surface area contributed by atoms with Crippen LogP contribution in [0.4, 0.5) is 0 Å². The van der Waals surface area contributed by atoms with Crippen molar-refractivity contribution >= 4 is 0 Å². The Morgan fingerprint density at radius 3 is 2.20 bits per heavy atom. The molecule has 2 unspecified atom stereocenters. The molecule has 6 heteroatoms. The molecule has 5 atom stereocenters. The molecule has 0 spiro atoms. The average molecular weight is 222 g/mol. The fourth-order valence-corrected chi connectivity index (χ4v) is 1.45. The van der Waals surface area contributed by atoms with E-state index in [2.05, 4.69) is 0 Å². The van der Waals surface area contributed by atoms with Gasteiger partial charge in [0.15, 0.2) is 6.29 Å². The highest BCUT2D eigenvalue weighted by Crippen LogP contribution is 2.22. The standard InChI is InChI=1S/C9H18O6/c1-4(2)14-9-8(13)7(12)6(11)5(3-10)15-9/h4-13H,3H2,1-2H3/t5?,6-,7-,8?,9+/m0/s1. The molecule has 0 amide bonds. The summed E-state index contributed by atoms with van der Waals surface area (Å²) in [6, 6.07) is 0. The van der Waals surface area contributed by atoms with Crippen LogP contribution in [-0.4, -0.2) is 63.8 Å². The Kier molecular flexibility index (Phi) is 4.45. The lowest BCUT2D eigenvalue weighted by Gasteiger charge is -2.40. The lowest BCUT2D eigenvalue weighted by molar-refractivity contribution is -0.308. The molecule has 4 N–H and O–H groups in total. The molecule has 1 rings (SSSR count). The first kappa shape index (κ1) is 12.8. The van der Waals surface area contributed by atoms with Gasteiger partial charge in [-0.3, -0.25) is 0 Å². The van der Waals surface area contributed by atoms with Crippen LogP contribution >= 0.6 is 0 Å². The second-order valence-electron chi connectivity index (χ2n) is 3.88. The first-order valence-corrected chi connectivity index (χ1v) is 4.93. The van der Waals surface area contributed by atoms with E-state index in [0.29, 0.717) is 0 Å². The average Bonchev–Trinajstić information content (AvgIpc) is 2.18. The highest BCUT2D eigenvalue weighted by atomic mass is 16.7. The normalized spacial score (nSPS) is 42.2. The van der Waals surface area contributed by atoms with E-state index >= 15 is 0 Å². The first-order chi connectivity index (χ1) is 6.97. The Balaban J connectivity index is 2.65. The van der Waals surface area contributed by atoms with Gasteiger partial charge >= 0.3 is 0 Å². The van der Waals surface area contributed by atoms with Crippen LogP contribution < -0.4 is 0 Å². The summed E-state index contributed by atoms with van der Waals surface area (Å²) in [6.45, 7) is 3.06. The molecule has 0 aromatic carbocycles. The van der Waals surface area contributed by atoms with Crippen molar-refractivity contribution in [1.29, 1.82) is 0 Å². The predicted octanol–water partition coefficient (Wildman–Crippen LogP) is -1.79. The SMILES string of the molecule is CC(C)O[C@@H]1OC(CO)[C@H](O)[C@H](O)C1O. The van der Waals surface area contributed by atoms with Gasteiger partial charge < -0.3 is 29.9 Å². The number of rotatable bonds is 3. The molecule has 0 aliphatic carbocycles. The van der Waals surface area contributed by atoms with Crippen LogP contribution in [0.25, 0.3) is 0 Å². The molecular formula is C9H18O6. The summed E-state index contributed by atoms with van der Waals surface area (Å²) in [7, 11) is 0. The first-order valence-electron chi connectivity index (χ1n) is 4.93. The molecule has 90 valence electrons. The van der Waals surface area contributed by atoms with Gasteiger partial charge in [-0.15, -0.1) is 0 Å². The minimum absolute atomic E-state index is 0.188. The molecule has 15 heavy (non-hydrogen) atoms. The number of aliphatic hydroxyl groups is 4. The zero-order chi connectivity index (χ0) is 11.6. The zero-order valence-electron chi connectivity index (χ0n) is 8.78. The highest BCUT2D eigenvalue weighted by Gasteiger charge is 2.44. The maximum atomic E-state index is 9.53. The van der Waals surface area contributed by atoms with Crippen LogP contribution in [0.3, 0.4) is 0 Å². The third-order valence-electron chi connectivity index (χ3n) is 2.25. The van der Waals surface area contributed by atoms with Gasteiger partial charge in [-0.25, -0.2) is 0 Å². The molecular weight excluding hydrogens is 204 g/mol. The lowest BCUT2D eigenvalue weighted by Crippen LogP contribution is -2.59. The van der Waals surface area contributed by atoms with Gasteiger partial charge in [0.1, 0.15) is 24.4 Å². The molecule has 0 saturated carbocycles. The van der Waals surface area contributed by atoms with Crippen molar-refractivity contribution < 1.29 is 29.9 Å². The molecule has 0 bridgehead atoms. The number of aliphatic hydroxyl groups excluding tert-OH is 4. The van der Waals surface area contributed by atoms with Crippen molar-refractivity contribution in [2.75, 3.05) is 6.61 Å². The van der Waals surface area contributed by atoms with Crippen LogP contribution in [-0.2, 0) is 9.47 Å². The zero-order valence-corrected chi connectivity index (χ0v) is 8.78. The van der Waals surface area contributed by atoms with Gasteiger partial charge in [-0.1, -0.05) is 0 Å². The van der Waals surface area contributed by atoms with E-state index in [-0.39, 0.29) is 6.10 Å². The van der Waals surface area contributed by atoms with Crippen LogP contribution in [0, 0.1) is 0 Å². The molecule has 0 aromatic heterocycles. The minimum Gasteiger partial charge on any atom is -0.394 e. The Hall–Kier alpha value is -0.240. The van der Waals surface area contributed by atoms with E-state index < -0.39 is 37.3 Å². The summed E-state index contributed by atoms with van der Waals surface area (Å²) in [5, 5.41) is 37.3. The van der Waals surface area contributed by atoms with Gasteiger partial charge in [-0.2, -0.15) is 0 Å². The molecule has 1 aliphatic heterocycles. The van der Waals surface area contributed by atoms with E-state index in [9.17, 15) is 15.3 Å². The number of hydrogen-bond donors (Lipinski definition) is 4. The Morgan fingerprint density at radius 1 is 1.13 bits per heavy atom. The Bertz CT molecular complexity index is 195. The molecule has 0 radical (unpaired) electrons. The van der Waals surface area contributed by atoms with E-state index in [4.69, 9.17) is 14.6 Å². The van der Waals surface area contributed by atoms with Crippen LogP contribution in [0.1, 0.15) is 13.8 Å². The molecule has 0 aromatic rings. The maximum absolute atomic E-state index is 9.53. The second kappa shape index (κ2) is 5.20. The minimum atomic E-state index is -1.38. The maximum Gasteiger partial charge on any atom is 0.186 e. The fraction of sp³-hybridized carbons (Fsp3) is 1.00. The van der Waals surface area contributed by atoms with Crippen molar-refractivity contribution in [3.05, 3.63) is 0 Å². The van der Waals surface area contributed by atoms with Crippen LogP contribution in [0.15, 0.2) is 0 Å². The summed E-state index contributed by atoms with van der Waals surface area (Å²) in [5.74, 6) is 0. The third kappa shape index (κ3) is 2.87. The Labute approximate surface area is 88.1 Å². The summed E-state index contributed by atoms with van der Waals surface area (Å²) < 4.78 is 10.3. The molecule has 6 nitrogen and oxygen atoms in total. The number of hydrogen-bond acceptors (Lipinski definition) is 6. The van der Waals surface area contributed by atoms with Crippen LogP contribution in [0.2, 0.25) is 0 Å². The topological polar surface area (TPSA) is 99.4 Å². The van der Waals surface area contributed by atoms with Gasteiger partial charge in [0.05, 0.1) is 12.7 Å². The molecule has 1 aliphatic rings. The van der Waals surface area contributed by atoms with E-state index in [0.717, 1.165) is 0 Å². The Morgan fingerprint density at radius 2 is 1.73 bits per heavy atom. The summed E-state index contributed by atoms with van der Waals surface area (Å²) in [5.41, 5.74) is 0. The van der Waals surface area contributed by atoms with Gasteiger partial charge in [0, 0.05) is 0 Å². The van der Waals surface area contributed by atoms with E-state index in [1.165, 1.54) is 0 Å². The van der Waals surface area contributed by atoms with Gasteiger partial charge in [-0.05, 0) is 13.8 Å². The van der Waals surface area contributed by atoms with Crippen molar-refractivity contribution in [3.8, 4) is 0 Å². The van der Waals surface area contributed by atoms with Gasteiger partial charge in [0.2, 0.25) is 0 Å². The monoisotopic (exact) mass is 222 g/mol. The van der Waals surface area contributed by atoms with E-state index in [1.807, 2.05) is 0 Å². The molecule has 1 fully saturated rings. The number of ether oxygens (including phenoxy) is 2. The largest absolute Gasteiger partial charge is 0.394 e. The molecule has 1 saturated heterocycles. The third-order valence-corrected chi connectivity index (χ3v) is 2.25. The van der Waals surface area contributed by atoms with Crippen molar-refractivity contribution in [1.82, 2.24) is 0 Å². The summed E-state index contributed by atoms with van der Waals surface area (Å²) in [4.78, 5) is 0. The lowest BCUT2D eigenvalue weighted by atomic mass is 9.99. The quantitative estimate of drug-likeness (QED) is 0.450. The van der Waals surface area contributed by atoms with Crippen molar-refractivity contribution in [2.24, 2.45) is 0 Å². The van der Waals surface area contributed by atoms with Gasteiger partial charge in [0.25, 0.3) is 0 Å². The molecule has 1 heterocycles. The highest BCUT2D eigenvalue weighted by molar-refractivity contribution is 4.88. The predicted molar refractivity (Wildman–Crippen MR) is 50.0 cm³/mol. The fourth-order valence-electron chi connectivity index (χ4n) is 1.45. The smallest absolute Gasteiger partial charge is 0.186 e. The van der Waals surface area contributed by atoms with Crippen molar-refractivity contribution in [3.63, 3.8) is 0 Å².